The highest BCUT2D eigenvalue weighted by molar-refractivity contribution is 7.80. The Kier molecular flexibility index (Phi) is 3.12. The minimum atomic E-state index is -4.87. The van der Waals surface area contributed by atoms with Crippen LogP contribution in [-0.2, 0) is 26.5 Å². The molecule has 2 aliphatic rings. The molecular formula is C10H13N5O6S. The lowest BCUT2D eigenvalue weighted by molar-refractivity contribution is -0.125. The molecule has 1 aromatic rings. The summed E-state index contributed by atoms with van der Waals surface area (Å²) < 4.78 is 36.5. The maximum absolute atomic E-state index is 12.3. The van der Waals surface area contributed by atoms with Crippen LogP contribution in [0.15, 0.2) is 6.20 Å². The predicted molar refractivity (Wildman–Crippen MR) is 69.3 cm³/mol. The standard InChI is InChI=1S/C10H13N5O6S/c1-11-9(16)8-7-5(3-12-13(7)2)6-4-14(8)10(17)15(6)21-22(18,19)20/h3,6,8H,4H2,1-2H3,(H,11,16)(H,18,19,20)/t6-,8+/m1/s1. The third-order valence-corrected chi connectivity index (χ3v) is 4.05. The lowest BCUT2D eigenvalue weighted by Gasteiger charge is -2.29. The van der Waals surface area contributed by atoms with Crippen molar-refractivity contribution in [3.8, 4) is 0 Å². The molecule has 3 rings (SSSR count). The summed E-state index contributed by atoms with van der Waals surface area (Å²) in [6.07, 6.45) is 1.44. The van der Waals surface area contributed by atoms with Crippen LogP contribution in [-0.4, -0.2) is 58.2 Å². The molecule has 1 aromatic heterocycles. The number of amides is 3. The molecule has 2 aliphatic heterocycles. The normalized spacial score (nSPS) is 23.7. The summed E-state index contributed by atoms with van der Waals surface area (Å²) in [4.78, 5) is 25.6. The number of hydroxylamine groups is 2. The van der Waals surface area contributed by atoms with Crippen molar-refractivity contribution in [3.63, 3.8) is 0 Å². The number of aryl methyl sites for hydroxylation is 1. The SMILES string of the molecule is CNC(=O)[C@@H]1c2c(cnn2C)[C@H]2CN1C(=O)N2OS(=O)(=O)O. The van der Waals surface area contributed by atoms with E-state index in [2.05, 4.69) is 14.7 Å². The lowest BCUT2D eigenvalue weighted by Crippen LogP contribution is -2.43. The summed E-state index contributed by atoms with van der Waals surface area (Å²) in [5.41, 5.74) is 0.951. The second kappa shape index (κ2) is 4.66. The van der Waals surface area contributed by atoms with Gasteiger partial charge in [0.15, 0.2) is 6.04 Å². The molecule has 1 fully saturated rings. The topological polar surface area (TPSA) is 134 Å². The molecule has 2 atom stereocenters. The molecule has 1 saturated heterocycles. The molecule has 0 radical (unpaired) electrons. The molecule has 120 valence electrons. The van der Waals surface area contributed by atoms with E-state index in [0.717, 1.165) is 0 Å². The van der Waals surface area contributed by atoms with Crippen molar-refractivity contribution >= 4 is 22.3 Å². The second-order valence-corrected chi connectivity index (χ2v) is 5.91. The zero-order valence-corrected chi connectivity index (χ0v) is 12.4. The van der Waals surface area contributed by atoms with Gasteiger partial charge in [-0.3, -0.25) is 14.0 Å². The van der Waals surface area contributed by atoms with Crippen LogP contribution in [0, 0.1) is 0 Å². The van der Waals surface area contributed by atoms with E-state index in [1.54, 1.807) is 7.05 Å². The number of carbonyl (C=O) groups excluding carboxylic acids is 2. The van der Waals surface area contributed by atoms with Crippen LogP contribution in [0.25, 0.3) is 0 Å². The molecule has 22 heavy (non-hydrogen) atoms. The second-order valence-electron chi connectivity index (χ2n) is 4.90. The summed E-state index contributed by atoms with van der Waals surface area (Å²) in [5, 5.41) is 7.04. The highest BCUT2D eigenvalue weighted by Gasteiger charge is 2.53. The van der Waals surface area contributed by atoms with E-state index in [0.29, 0.717) is 16.3 Å². The number of fused-ring (bicyclic) bond motifs is 4. The Balaban J connectivity index is 2.11. The molecule has 0 spiro atoms. The number of urea groups is 1. The fourth-order valence-electron chi connectivity index (χ4n) is 2.83. The van der Waals surface area contributed by atoms with Gasteiger partial charge in [0, 0.05) is 19.7 Å². The first-order chi connectivity index (χ1) is 10.2. The van der Waals surface area contributed by atoms with E-state index in [1.165, 1.54) is 22.8 Å². The quantitative estimate of drug-likeness (QED) is 0.660. The van der Waals surface area contributed by atoms with Crippen LogP contribution in [0.3, 0.4) is 0 Å². The van der Waals surface area contributed by atoms with Gasteiger partial charge in [-0.05, 0) is 0 Å². The number of nitrogens with one attached hydrogen (secondary N) is 1. The van der Waals surface area contributed by atoms with Gasteiger partial charge in [-0.25, -0.2) is 4.79 Å². The predicted octanol–water partition coefficient (Wildman–Crippen LogP) is -1.27. The van der Waals surface area contributed by atoms with Gasteiger partial charge in [-0.1, -0.05) is 0 Å². The van der Waals surface area contributed by atoms with Crippen LogP contribution in [0.5, 0.6) is 0 Å². The van der Waals surface area contributed by atoms with E-state index in [4.69, 9.17) is 4.55 Å². The minimum Gasteiger partial charge on any atom is -0.357 e. The largest absolute Gasteiger partial charge is 0.418 e. The van der Waals surface area contributed by atoms with Gasteiger partial charge >= 0.3 is 16.4 Å². The Morgan fingerprint density at radius 2 is 2.23 bits per heavy atom. The number of hydrogen-bond acceptors (Lipinski definition) is 6. The monoisotopic (exact) mass is 331 g/mol. The third kappa shape index (κ3) is 2.03. The maximum Gasteiger partial charge on any atom is 0.418 e. The molecule has 3 amide bonds. The molecule has 0 aliphatic carbocycles. The van der Waals surface area contributed by atoms with Crippen molar-refractivity contribution in [2.75, 3.05) is 13.6 Å². The minimum absolute atomic E-state index is 0.0468. The van der Waals surface area contributed by atoms with E-state index < -0.39 is 34.4 Å². The van der Waals surface area contributed by atoms with Crippen molar-refractivity contribution in [1.82, 2.24) is 25.1 Å². The number of carbonyl (C=O) groups is 2. The summed E-state index contributed by atoms with van der Waals surface area (Å²) in [6, 6.07) is -2.56. The smallest absolute Gasteiger partial charge is 0.357 e. The molecule has 11 nitrogen and oxygen atoms in total. The molecular weight excluding hydrogens is 318 g/mol. The van der Waals surface area contributed by atoms with Gasteiger partial charge in [-0.2, -0.15) is 18.6 Å². The number of hydrogen-bond donors (Lipinski definition) is 2. The number of rotatable bonds is 3. The van der Waals surface area contributed by atoms with Gasteiger partial charge in [0.25, 0.3) is 0 Å². The summed E-state index contributed by atoms with van der Waals surface area (Å²) in [7, 11) is -1.83. The van der Waals surface area contributed by atoms with E-state index >= 15 is 0 Å². The van der Waals surface area contributed by atoms with Gasteiger partial charge < -0.3 is 10.2 Å². The molecule has 12 heteroatoms. The van der Waals surface area contributed by atoms with Crippen LogP contribution in [0.1, 0.15) is 23.3 Å². The molecule has 3 heterocycles. The highest BCUT2D eigenvalue weighted by atomic mass is 32.3. The number of likely N-dealkylation sites (N-methyl/N-ethyl adjacent to an activating group) is 1. The highest BCUT2D eigenvalue weighted by Crippen LogP contribution is 2.43. The zero-order valence-electron chi connectivity index (χ0n) is 11.6. The fraction of sp³-hybridized carbons (Fsp3) is 0.500. The first-order valence-electron chi connectivity index (χ1n) is 6.25. The Bertz CT molecular complexity index is 758. The zero-order chi connectivity index (χ0) is 16.2. The Morgan fingerprint density at radius 3 is 2.82 bits per heavy atom. The van der Waals surface area contributed by atoms with Crippen LogP contribution in [0.2, 0.25) is 0 Å². The van der Waals surface area contributed by atoms with Crippen molar-refractivity contribution in [3.05, 3.63) is 17.5 Å². The first kappa shape index (κ1) is 14.7. The maximum atomic E-state index is 12.3. The number of aromatic nitrogens is 2. The van der Waals surface area contributed by atoms with Crippen LogP contribution < -0.4 is 5.32 Å². The Labute approximate surface area is 125 Å². The van der Waals surface area contributed by atoms with E-state index in [9.17, 15) is 18.0 Å². The summed E-state index contributed by atoms with van der Waals surface area (Å²) in [6.45, 7) is 0.0468. The molecule has 2 bridgehead atoms. The van der Waals surface area contributed by atoms with Gasteiger partial charge in [0.1, 0.15) is 6.04 Å². The molecule has 0 aromatic carbocycles. The van der Waals surface area contributed by atoms with E-state index in [1.807, 2.05) is 0 Å². The fourth-order valence-corrected chi connectivity index (χ4v) is 3.20. The van der Waals surface area contributed by atoms with Gasteiger partial charge in [0.05, 0.1) is 18.4 Å². The average Bonchev–Trinajstić information content (AvgIpc) is 2.93. The van der Waals surface area contributed by atoms with Crippen LogP contribution >= 0.6 is 0 Å². The average molecular weight is 331 g/mol. The Hall–Kier alpha value is -2.18. The Morgan fingerprint density at radius 1 is 1.55 bits per heavy atom. The van der Waals surface area contributed by atoms with Crippen LogP contribution in [0.4, 0.5) is 4.79 Å². The van der Waals surface area contributed by atoms with Gasteiger partial charge in [0.2, 0.25) is 5.91 Å². The van der Waals surface area contributed by atoms with Crippen molar-refractivity contribution in [2.45, 2.75) is 12.1 Å². The molecule has 0 saturated carbocycles. The van der Waals surface area contributed by atoms with E-state index in [-0.39, 0.29) is 6.54 Å². The van der Waals surface area contributed by atoms with Crippen molar-refractivity contribution < 1.29 is 26.8 Å². The van der Waals surface area contributed by atoms with Crippen molar-refractivity contribution in [1.29, 1.82) is 0 Å². The van der Waals surface area contributed by atoms with Gasteiger partial charge in [-0.15, -0.1) is 4.28 Å². The third-order valence-electron chi connectivity index (χ3n) is 3.70. The summed E-state index contributed by atoms with van der Waals surface area (Å²) >= 11 is 0. The molecule has 0 unspecified atom stereocenters. The molecule has 2 N–H and O–H groups in total. The van der Waals surface area contributed by atoms with Crippen molar-refractivity contribution in [2.24, 2.45) is 7.05 Å². The summed E-state index contributed by atoms with van der Waals surface area (Å²) in [5.74, 6) is -0.439. The lowest BCUT2D eigenvalue weighted by atomic mass is 9.97. The number of nitrogens with zero attached hydrogens (tertiary/aromatic N) is 4. The first-order valence-corrected chi connectivity index (χ1v) is 7.61.